The van der Waals surface area contributed by atoms with Crippen molar-refractivity contribution in [3.05, 3.63) is 34.9 Å². The van der Waals surface area contributed by atoms with E-state index in [9.17, 15) is 9.59 Å². The predicted molar refractivity (Wildman–Crippen MR) is 60.3 cm³/mol. The van der Waals surface area contributed by atoms with Crippen LogP contribution in [-0.2, 0) is 0 Å². The quantitative estimate of drug-likeness (QED) is 0.728. The van der Waals surface area contributed by atoms with Crippen LogP contribution in [0.4, 0.5) is 0 Å². The summed E-state index contributed by atoms with van der Waals surface area (Å²) in [5.74, 6) is -0.589. The Bertz CT molecular complexity index is 466. The van der Waals surface area contributed by atoms with E-state index in [1.807, 2.05) is 19.9 Å². The minimum Gasteiger partial charge on any atom is -0.327 e. The highest BCUT2D eigenvalue weighted by atomic mass is 16.2. The smallest absolute Gasteiger partial charge is 0.259 e. The van der Waals surface area contributed by atoms with Gasteiger partial charge in [0.05, 0.1) is 11.1 Å². The Morgan fingerprint density at radius 1 is 1.19 bits per heavy atom. The first-order valence-electron chi connectivity index (χ1n) is 5.26. The number of hydrogen-bond acceptors (Lipinski definition) is 3. The first kappa shape index (κ1) is 10.8. The highest BCUT2D eigenvalue weighted by Gasteiger charge is 2.31. The maximum atomic E-state index is 11.7. The topological polar surface area (TPSA) is 72.2 Å². The van der Waals surface area contributed by atoms with Crippen molar-refractivity contribution in [1.29, 1.82) is 0 Å². The van der Waals surface area contributed by atoms with Gasteiger partial charge < -0.3 is 5.73 Å². The monoisotopic (exact) mass is 218 g/mol. The van der Waals surface area contributed by atoms with Crippen molar-refractivity contribution in [3.63, 3.8) is 0 Å². The minimum absolute atomic E-state index is 0.0478. The third-order valence-corrected chi connectivity index (χ3v) is 3.07. The molecule has 1 heterocycles. The van der Waals surface area contributed by atoms with Gasteiger partial charge in [0.1, 0.15) is 0 Å². The van der Waals surface area contributed by atoms with Crippen molar-refractivity contribution in [3.8, 4) is 0 Å². The lowest BCUT2D eigenvalue weighted by Gasteiger charge is -2.17. The molecule has 0 radical (unpaired) electrons. The molecule has 4 nitrogen and oxygen atoms in total. The van der Waals surface area contributed by atoms with Crippen LogP contribution in [0, 0.1) is 0 Å². The molecule has 2 atom stereocenters. The Kier molecular flexibility index (Phi) is 2.52. The van der Waals surface area contributed by atoms with Gasteiger partial charge in [-0.05, 0) is 24.5 Å². The number of benzene rings is 1. The second-order valence-electron chi connectivity index (χ2n) is 4.20. The summed E-state index contributed by atoms with van der Waals surface area (Å²) >= 11 is 0. The normalized spacial score (nSPS) is 17.9. The van der Waals surface area contributed by atoms with Gasteiger partial charge in [0.2, 0.25) is 0 Å². The zero-order valence-electron chi connectivity index (χ0n) is 9.28. The van der Waals surface area contributed by atoms with Crippen molar-refractivity contribution in [1.82, 2.24) is 5.32 Å². The summed E-state index contributed by atoms with van der Waals surface area (Å²) < 4.78 is 0. The lowest BCUT2D eigenvalue weighted by atomic mass is 9.89. The van der Waals surface area contributed by atoms with E-state index in [0.29, 0.717) is 11.1 Å². The van der Waals surface area contributed by atoms with E-state index in [1.165, 1.54) is 0 Å². The van der Waals surface area contributed by atoms with Gasteiger partial charge in [0.25, 0.3) is 11.8 Å². The molecule has 0 aromatic heterocycles. The van der Waals surface area contributed by atoms with Crippen LogP contribution in [0.15, 0.2) is 18.2 Å². The second kappa shape index (κ2) is 3.72. The molecule has 0 spiro atoms. The molecule has 1 aromatic carbocycles. The summed E-state index contributed by atoms with van der Waals surface area (Å²) in [6, 6.07) is 5.23. The maximum Gasteiger partial charge on any atom is 0.259 e. The number of nitrogens with two attached hydrogens (primary N) is 1. The van der Waals surface area contributed by atoms with Crippen LogP contribution in [0.3, 0.4) is 0 Å². The summed E-state index contributed by atoms with van der Waals surface area (Å²) in [5, 5.41) is 2.30. The SMILES string of the molecule is CC(N)C(C)c1cccc2c1C(=O)NC2=O. The van der Waals surface area contributed by atoms with Crippen LogP contribution in [0.5, 0.6) is 0 Å². The van der Waals surface area contributed by atoms with Crippen molar-refractivity contribution in [2.45, 2.75) is 25.8 Å². The number of imide groups is 1. The van der Waals surface area contributed by atoms with E-state index >= 15 is 0 Å². The Balaban J connectivity index is 2.57. The second-order valence-corrected chi connectivity index (χ2v) is 4.20. The third kappa shape index (κ3) is 1.51. The van der Waals surface area contributed by atoms with E-state index in [1.54, 1.807) is 12.1 Å². The molecule has 4 heteroatoms. The van der Waals surface area contributed by atoms with Gasteiger partial charge in [-0.15, -0.1) is 0 Å². The van der Waals surface area contributed by atoms with Crippen LogP contribution in [0.2, 0.25) is 0 Å². The number of hydrogen-bond donors (Lipinski definition) is 2. The molecular formula is C12H14N2O2. The number of fused-ring (bicyclic) bond motifs is 1. The molecule has 0 bridgehead atoms. The van der Waals surface area contributed by atoms with Gasteiger partial charge >= 0.3 is 0 Å². The van der Waals surface area contributed by atoms with Crippen LogP contribution >= 0.6 is 0 Å². The van der Waals surface area contributed by atoms with E-state index in [2.05, 4.69) is 5.32 Å². The van der Waals surface area contributed by atoms with Gasteiger partial charge in [0, 0.05) is 6.04 Å². The molecule has 2 amide bonds. The molecule has 2 unspecified atom stereocenters. The van der Waals surface area contributed by atoms with E-state index in [0.717, 1.165) is 5.56 Å². The first-order valence-corrected chi connectivity index (χ1v) is 5.26. The average Bonchev–Trinajstić information content (AvgIpc) is 2.54. The van der Waals surface area contributed by atoms with E-state index in [4.69, 9.17) is 5.73 Å². The van der Waals surface area contributed by atoms with Crippen LogP contribution in [0.1, 0.15) is 46.0 Å². The van der Waals surface area contributed by atoms with Gasteiger partial charge in [-0.2, -0.15) is 0 Å². The molecule has 1 aliphatic heterocycles. The van der Waals surface area contributed by atoms with Gasteiger partial charge in [0.15, 0.2) is 0 Å². The Hall–Kier alpha value is -1.68. The first-order chi connectivity index (χ1) is 7.52. The molecule has 2 rings (SSSR count). The van der Waals surface area contributed by atoms with Gasteiger partial charge in [-0.25, -0.2) is 0 Å². The third-order valence-electron chi connectivity index (χ3n) is 3.07. The molecule has 1 aliphatic rings. The molecular weight excluding hydrogens is 204 g/mol. The summed E-state index contributed by atoms with van der Waals surface area (Å²) in [4.78, 5) is 23.1. The van der Waals surface area contributed by atoms with Gasteiger partial charge in [-0.1, -0.05) is 19.1 Å². The zero-order valence-corrected chi connectivity index (χ0v) is 9.28. The van der Waals surface area contributed by atoms with Crippen molar-refractivity contribution in [2.24, 2.45) is 5.73 Å². The number of amides is 2. The Labute approximate surface area is 93.8 Å². The molecule has 0 aliphatic carbocycles. The molecule has 0 saturated heterocycles. The number of nitrogens with one attached hydrogen (secondary N) is 1. The van der Waals surface area contributed by atoms with E-state index in [-0.39, 0.29) is 23.8 Å². The lowest BCUT2D eigenvalue weighted by Crippen LogP contribution is -2.25. The van der Waals surface area contributed by atoms with Gasteiger partial charge in [-0.3, -0.25) is 14.9 Å². The summed E-state index contributed by atoms with van der Waals surface area (Å²) in [6.45, 7) is 3.84. The summed E-state index contributed by atoms with van der Waals surface area (Å²) in [7, 11) is 0. The fraction of sp³-hybridized carbons (Fsp3) is 0.333. The number of carbonyl (C=O) groups excluding carboxylic acids is 2. The molecule has 3 N–H and O–H groups in total. The summed E-state index contributed by atoms with van der Waals surface area (Å²) in [6.07, 6.45) is 0. The number of carbonyl (C=O) groups is 2. The molecule has 0 fully saturated rings. The Morgan fingerprint density at radius 2 is 1.88 bits per heavy atom. The Morgan fingerprint density at radius 3 is 2.50 bits per heavy atom. The highest BCUT2D eigenvalue weighted by molar-refractivity contribution is 6.22. The van der Waals surface area contributed by atoms with Crippen molar-refractivity contribution >= 4 is 11.8 Å². The summed E-state index contributed by atoms with van der Waals surface area (Å²) in [5.41, 5.74) is 7.61. The molecule has 0 saturated carbocycles. The standard InChI is InChI=1S/C12H14N2O2/c1-6(7(2)13)8-4-3-5-9-10(8)12(16)14-11(9)15/h3-7H,13H2,1-2H3,(H,14,15,16). The minimum atomic E-state index is -0.321. The van der Waals surface area contributed by atoms with E-state index < -0.39 is 0 Å². The lowest BCUT2D eigenvalue weighted by molar-refractivity contribution is 0.0879. The van der Waals surface area contributed by atoms with Crippen molar-refractivity contribution in [2.75, 3.05) is 0 Å². The largest absolute Gasteiger partial charge is 0.327 e. The predicted octanol–water partition coefficient (Wildman–Crippen LogP) is 1.02. The molecule has 1 aromatic rings. The van der Waals surface area contributed by atoms with Crippen molar-refractivity contribution < 1.29 is 9.59 Å². The van der Waals surface area contributed by atoms with Crippen LogP contribution in [0.25, 0.3) is 0 Å². The number of rotatable bonds is 2. The highest BCUT2D eigenvalue weighted by Crippen LogP contribution is 2.27. The fourth-order valence-electron chi connectivity index (χ4n) is 1.91. The maximum absolute atomic E-state index is 11.7. The fourth-order valence-corrected chi connectivity index (χ4v) is 1.91. The zero-order chi connectivity index (χ0) is 11.9. The molecule has 16 heavy (non-hydrogen) atoms. The van der Waals surface area contributed by atoms with Crippen LogP contribution in [-0.4, -0.2) is 17.9 Å². The molecule has 84 valence electrons. The van der Waals surface area contributed by atoms with Crippen LogP contribution < -0.4 is 11.1 Å². The average molecular weight is 218 g/mol.